The van der Waals surface area contributed by atoms with Gasteiger partial charge in [-0.3, -0.25) is 0 Å². The molecule has 1 aromatic carbocycles. The van der Waals surface area contributed by atoms with Crippen molar-refractivity contribution in [3.63, 3.8) is 0 Å². The lowest BCUT2D eigenvalue weighted by atomic mass is 10.3. The van der Waals surface area contributed by atoms with Crippen molar-refractivity contribution >= 4 is 5.69 Å². The molecule has 0 aliphatic heterocycles. The van der Waals surface area contributed by atoms with Gasteiger partial charge in [0.2, 0.25) is 0 Å². The summed E-state index contributed by atoms with van der Waals surface area (Å²) in [7, 11) is 3.32. The Balaban J connectivity index is 1.98. The Labute approximate surface area is 114 Å². The van der Waals surface area contributed by atoms with Crippen LogP contribution < -0.4 is 10.1 Å². The number of rotatable bonds is 11. The summed E-state index contributed by atoms with van der Waals surface area (Å²) in [5.41, 5.74) is 1.03. The Morgan fingerprint density at radius 1 is 0.947 bits per heavy atom. The van der Waals surface area contributed by atoms with Crippen LogP contribution in [0.25, 0.3) is 0 Å². The van der Waals surface area contributed by atoms with Crippen molar-refractivity contribution in [3.8, 4) is 5.75 Å². The van der Waals surface area contributed by atoms with E-state index in [4.69, 9.17) is 18.9 Å². The summed E-state index contributed by atoms with van der Waals surface area (Å²) in [6.07, 6.45) is 0. The number of nitrogens with one attached hydrogen (secondary N) is 1. The molecule has 0 unspecified atom stereocenters. The van der Waals surface area contributed by atoms with Crippen LogP contribution in [-0.4, -0.2) is 53.8 Å². The van der Waals surface area contributed by atoms with E-state index in [0.29, 0.717) is 33.0 Å². The lowest BCUT2D eigenvalue weighted by Gasteiger charge is -2.09. The predicted molar refractivity (Wildman–Crippen MR) is 75.0 cm³/mol. The quantitative estimate of drug-likeness (QED) is 0.621. The highest BCUT2D eigenvalue weighted by Crippen LogP contribution is 2.16. The van der Waals surface area contributed by atoms with Crippen LogP contribution in [0.5, 0.6) is 5.75 Å². The molecule has 0 spiro atoms. The lowest BCUT2D eigenvalue weighted by molar-refractivity contribution is 0.0272. The van der Waals surface area contributed by atoms with E-state index in [1.165, 1.54) is 0 Å². The normalized spacial score (nSPS) is 10.4. The molecule has 1 rings (SSSR count). The number of benzene rings is 1. The van der Waals surface area contributed by atoms with Crippen LogP contribution in [0.3, 0.4) is 0 Å². The minimum atomic E-state index is 0.600. The average molecular weight is 269 g/mol. The van der Waals surface area contributed by atoms with Crippen LogP contribution in [0, 0.1) is 0 Å². The summed E-state index contributed by atoms with van der Waals surface area (Å²) in [5, 5.41) is 3.26. The van der Waals surface area contributed by atoms with E-state index in [2.05, 4.69) is 5.32 Å². The molecule has 0 aliphatic rings. The first-order valence-corrected chi connectivity index (χ1v) is 6.39. The first-order chi connectivity index (χ1) is 9.36. The first kappa shape index (κ1) is 15.8. The molecule has 0 radical (unpaired) electrons. The van der Waals surface area contributed by atoms with Gasteiger partial charge in [0.05, 0.1) is 40.1 Å². The molecule has 0 heterocycles. The van der Waals surface area contributed by atoms with Gasteiger partial charge in [-0.05, 0) is 12.1 Å². The number of hydrogen-bond acceptors (Lipinski definition) is 5. The van der Waals surface area contributed by atoms with Gasteiger partial charge in [-0.1, -0.05) is 6.07 Å². The summed E-state index contributed by atoms with van der Waals surface area (Å²) >= 11 is 0. The molecule has 0 atom stereocenters. The topological polar surface area (TPSA) is 49.0 Å². The van der Waals surface area contributed by atoms with Crippen molar-refractivity contribution in [2.75, 3.05) is 59.1 Å². The third-order valence-corrected chi connectivity index (χ3v) is 2.45. The predicted octanol–water partition coefficient (Wildman–Crippen LogP) is 1.79. The van der Waals surface area contributed by atoms with E-state index in [0.717, 1.165) is 18.0 Å². The van der Waals surface area contributed by atoms with E-state index < -0.39 is 0 Å². The van der Waals surface area contributed by atoms with Crippen molar-refractivity contribution in [3.05, 3.63) is 24.3 Å². The molecule has 0 saturated carbocycles. The molecule has 1 aromatic rings. The second-order valence-electron chi connectivity index (χ2n) is 3.88. The Bertz CT molecular complexity index is 333. The maximum Gasteiger partial charge on any atom is 0.120 e. The summed E-state index contributed by atoms with van der Waals surface area (Å²) in [4.78, 5) is 0. The molecule has 1 N–H and O–H groups in total. The molecule has 0 fully saturated rings. The smallest absolute Gasteiger partial charge is 0.120 e. The molecule has 19 heavy (non-hydrogen) atoms. The molecule has 108 valence electrons. The Kier molecular flexibility index (Phi) is 8.80. The largest absolute Gasteiger partial charge is 0.497 e. The number of hydrogen-bond donors (Lipinski definition) is 1. The van der Waals surface area contributed by atoms with Crippen molar-refractivity contribution in [2.45, 2.75) is 0 Å². The van der Waals surface area contributed by atoms with Gasteiger partial charge in [0.15, 0.2) is 0 Å². The fourth-order valence-electron chi connectivity index (χ4n) is 1.46. The lowest BCUT2D eigenvalue weighted by Crippen LogP contribution is -2.13. The van der Waals surface area contributed by atoms with Gasteiger partial charge in [-0.15, -0.1) is 0 Å². The molecule has 0 amide bonds. The van der Waals surface area contributed by atoms with Crippen LogP contribution in [-0.2, 0) is 14.2 Å². The molecule has 0 saturated heterocycles. The number of anilines is 1. The second kappa shape index (κ2) is 10.6. The molecule has 5 nitrogen and oxygen atoms in total. The van der Waals surface area contributed by atoms with Crippen molar-refractivity contribution in [2.24, 2.45) is 0 Å². The summed E-state index contributed by atoms with van der Waals surface area (Å²) in [6.45, 7) is 3.83. The minimum absolute atomic E-state index is 0.600. The van der Waals surface area contributed by atoms with E-state index in [1.807, 2.05) is 24.3 Å². The molecule has 0 bridgehead atoms. The van der Waals surface area contributed by atoms with Gasteiger partial charge in [-0.25, -0.2) is 0 Å². The van der Waals surface area contributed by atoms with E-state index >= 15 is 0 Å². The number of methoxy groups -OCH3 is 2. The van der Waals surface area contributed by atoms with Gasteiger partial charge in [-0.2, -0.15) is 0 Å². The summed E-state index contributed by atoms with van der Waals surface area (Å²) < 4.78 is 20.7. The van der Waals surface area contributed by atoms with Crippen LogP contribution in [0.4, 0.5) is 5.69 Å². The van der Waals surface area contributed by atoms with Gasteiger partial charge in [0, 0.05) is 25.4 Å². The summed E-state index contributed by atoms with van der Waals surface area (Å²) in [5.74, 6) is 0.845. The monoisotopic (exact) mass is 269 g/mol. The zero-order chi connectivity index (χ0) is 13.8. The molecular weight excluding hydrogens is 246 g/mol. The average Bonchev–Trinajstić information content (AvgIpc) is 2.46. The fourth-order valence-corrected chi connectivity index (χ4v) is 1.46. The highest BCUT2D eigenvalue weighted by atomic mass is 16.5. The van der Waals surface area contributed by atoms with Gasteiger partial charge < -0.3 is 24.3 Å². The molecule has 0 aliphatic carbocycles. The van der Waals surface area contributed by atoms with Crippen LogP contribution in [0.2, 0.25) is 0 Å². The zero-order valence-electron chi connectivity index (χ0n) is 11.7. The number of ether oxygens (including phenoxy) is 4. The highest BCUT2D eigenvalue weighted by Gasteiger charge is 1.95. The first-order valence-electron chi connectivity index (χ1n) is 6.39. The van der Waals surface area contributed by atoms with Crippen molar-refractivity contribution in [1.29, 1.82) is 0 Å². The van der Waals surface area contributed by atoms with E-state index in [1.54, 1.807) is 14.2 Å². The minimum Gasteiger partial charge on any atom is -0.497 e. The maximum absolute atomic E-state index is 5.43. The SMILES string of the molecule is COCCOCCOCCNc1cccc(OC)c1. The maximum atomic E-state index is 5.43. The third kappa shape index (κ3) is 7.66. The third-order valence-electron chi connectivity index (χ3n) is 2.45. The molecule has 0 aromatic heterocycles. The van der Waals surface area contributed by atoms with Gasteiger partial charge >= 0.3 is 0 Å². The van der Waals surface area contributed by atoms with E-state index in [-0.39, 0.29) is 0 Å². The van der Waals surface area contributed by atoms with Crippen LogP contribution in [0.15, 0.2) is 24.3 Å². The fraction of sp³-hybridized carbons (Fsp3) is 0.571. The van der Waals surface area contributed by atoms with Crippen molar-refractivity contribution < 1.29 is 18.9 Å². The van der Waals surface area contributed by atoms with Crippen LogP contribution in [0.1, 0.15) is 0 Å². The Morgan fingerprint density at radius 3 is 2.42 bits per heavy atom. The summed E-state index contributed by atoms with van der Waals surface area (Å²) in [6, 6.07) is 7.81. The Morgan fingerprint density at radius 2 is 1.68 bits per heavy atom. The van der Waals surface area contributed by atoms with Crippen LogP contribution >= 0.6 is 0 Å². The van der Waals surface area contributed by atoms with Crippen molar-refractivity contribution in [1.82, 2.24) is 0 Å². The highest BCUT2D eigenvalue weighted by molar-refractivity contribution is 5.47. The zero-order valence-corrected chi connectivity index (χ0v) is 11.7. The van der Waals surface area contributed by atoms with Gasteiger partial charge in [0.1, 0.15) is 5.75 Å². The van der Waals surface area contributed by atoms with Gasteiger partial charge in [0.25, 0.3) is 0 Å². The van der Waals surface area contributed by atoms with E-state index in [9.17, 15) is 0 Å². The molecular formula is C14H23NO4. The second-order valence-corrected chi connectivity index (χ2v) is 3.88. The Hall–Kier alpha value is -1.30. The standard InChI is InChI=1S/C14H23NO4/c1-16-8-9-19-11-10-18-7-6-15-13-4-3-5-14(12-13)17-2/h3-5,12,15H,6-11H2,1-2H3. The molecule has 5 heteroatoms.